The predicted octanol–water partition coefficient (Wildman–Crippen LogP) is 1.66. The molecule has 2 amide bonds. The van der Waals surface area contributed by atoms with Gasteiger partial charge >= 0.3 is 6.18 Å². The quantitative estimate of drug-likeness (QED) is 0.573. The Balaban J connectivity index is 2.49. The summed E-state index contributed by atoms with van der Waals surface area (Å²) >= 11 is 0. The molecule has 0 heterocycles. The van der Waals surface area contributed by atoms with E-state index in [2.05, 4.69) is 5.32 Å². The van der Waals surface area contributed by atoms with Gasteiger partial charge < -0.3 is 10.2 Å². The van der Waals surface area contributed by atoms with E-state index >= 15 is 0 Å². The van der Waals surface area contributed by atoms with E-state index in [1.807, 2.05) is 0 Å². The van der Waals surface area contributed by atoms with Crippen LogP contribution in [-0.2, 0) is 14.4 Å². The van der Waals surface area contributed by atoms with Crippen molar-refractivity contribution in [3.63, 3.8) is 0 Å². The monoisotopic (exact) mass is 322 g/mol. The SMILES string of the molecule is CC(C(=O)C(=O)NCC1CCCCC1)N(C=O)CC(F)(F)F. The lowest BCUT2D eigenvalue weighted by Crippen LogP contribution is -2.49. The first-order valence-corrected chi connectivity index (χ1v) is 7.34. The van der Waals surface area contributed by atoms with Crippen LogP contribution in [0.25, 0.3) is 0 Å². The van der Waals surface area contributed by atoms with Crippen LogP contribution in [0.1, 0.15) is 39.0 Å². The molecule has 1 fully saturated rings. The first-order chi connectivity index (χ1) is 10.2. The maximum absolute atomic E-state index is 12.3. The molecule has 0 aromatic carbocycles. The van der Waals surface area contributed by atoms with Crippen molar-refractivity contribution in [2.45, 2.75) is 51.2 Å². The normalized spacial score (nSPS) is 17.6. The number of nitrogens with zero attached hydrogens (tertiary/aromatic N) is 1. The lowest BCUT2D eigenvalue weighted by Gasteiger charge is -2.25. The summed E-state index contributed by atoms with van der Waals surface area (Å²) in [5, 5.41) is 2.46. The zero-order valence-corrected chi connectivity index (χ0v) is 12.5. The maximum Gasteiger partial charge on any atom is 0.406 e. The fourth-order valence-corrected chi connectivity index (χ4v) is 2.53. The second kappa shape index (κ2) is 8.14. The van der Waals surface area contributed by atoms with Gasteiger partial charge in [-0.25, -0.2) is 0 Å². The van der Waals surface area contributed by atoms with Gasteiger partial charge in [-0.2, -0.15) is 13.2 Å². The molecule has 1 aliphatic rings. The minimum Gasteiger partial charge on any atom is -0.349 e. The molecular formula is C14H21F3N2O3. The average Bonchev–Trinajstić information content (AvgIpc) is 2.49. The zero-order valence-electron chi connectivity index (χ0n) is 12.5. The molecule has 0 aromatic heterocycles. The van der Waals surface area contributed by atoms with Crippen LogP contribution in [0.2, 0.25) is 0 Å². The van der Waals surface area contributed by atoms with E-state index in [0.29, 0.717) is 12.5 Å². The van der Waals surface area contributed by atoms with Crippen molar-refractivity contribution in [2.24, 2.45) is 5.92 Å². The number of hydrogen-bond acceptors (Lipinski definition) is 3. The highest BCUT2D eigenvalue weighted by molar-refractivity contribution is 6.38. The molecule has 0 radical (unpaired) electrons. The van der Waals surface area contributed by atoms with Crippen molar-refractivity contribution in [3.8, 4) is 0 Å². The Labute approximate surface area is 127 Å². The van der Waals surface area contributed by atoms with E-state index < -0.39 is 30.5 Å². The Morgan fingerprint density at radius 3 is 2.36 bits per heavy atom. The van der Waals surface area contributed by atoms with E-state index in [9.17, 15) is 27.6 Å². The van der Waals surface area contributed by atoms with Crippen molar-refractivity contribution in [2.75, 3.05) is 13.1 Å². The summed E-state index contributed by atoms with van der Waals surface area (Å²) in [6, 6.07) is -1.44. The van der Waals surface area contributed by atoms with Gasteiger partial charge in [-0.1, -0.05) is 19.3 Å². The lowest BCUT2D eigenvalue weighted by atomic mass is 9.89. The highest BCUT2D eigenvalue weighted by atomic mass is 19.4. The molecule has 8 heteroatoms. The predicted molar refractivity (Wildman–Crippen MR) is 72.9 cm³/mol. The highest BCUT2D eigenvalue weighted by Gasteiger charge is 2.35. The molecule has 5 nitrogen and oxygen atoms in total. The Morgan fingerprint density at radius 1 is 1.27 bits per heavy atom. The molecule has 22 heavy (non-hydrogen) atoms. The fourth-order valence-electron chi connectivity index (χ4n) is 2.53. The summed E-state index contributed by atoms with van der Waals surface area (Å²) in [7, 11) is 0. The first kappa shape index (κ1) is 18.4. The third kappa shape index (κ3) is 6.03. The molecule has 0 spiro atoms. The molecule has 1 aliphatic carbocycles. The number of carbonyl (C=O) groups excluding carboxylic acids is 3. The van der Waals surface area contributed by atoms with Crippen LogP contribution in [0.15, 0.2) is 0 Å². The third-order valence-electron chi connectivity index (χ3n) is 3.87. The minimum absolute atomic E-state index is 0.0650. The average molecular weight is 322 g/mol. The number of rotatable bonds is 7. The number of amides is 2. The molecule has 0 aromatic rings. The smallest absolute Gasteiger partial charge is 0.349 e. The Hall–Kier alpha value is -1.60. The summed E-state index contributed by atoms with van der Waals surface area (Å²) in [5.41, 5.74) is 0. The number of ketones is 1. The second-order valence-corrected chi connectivity index (χ2v) is 5.65. The van der Waals surface area contributed by atoms with Crippen molar-refractivity contribution in [1.29, 1.82) is 0 Å². The van der Waals surface area contributed by atoms with E-state index in [1.165, 1.54) is 0 Å². The summed E-state index contributed by atoms with van der Waals surface area (Å²) in [5.74, 6) is -1.67. The fraction of sp³-hybridized carbons (Fsp3) is 0.786. The van der Waals surface area contributed by atoms with Gasteiger partial charge in [-0.3, -0.25) is 14.4 Å². The molecule has 1 saturated carbocycles. The third-order valence-corrected chi connectivity index (χ3v) is 3.87. The Morgan fingerprint density at radius 2 is 1.86 bits per heavy atom. The van der Waals surface area contributed by atoms with Gasteiger partial charge in [0.05, 0.1) is 6.04 Å². The van der Waals surface area contributed by atoms with Crippen LogP contribution < -0.4 is 5.32 Å². The number of nitrogens with one attached hydrogen (secondary N) is 1. The molecular weight excluding hydrogens is 301 g/mol. The molecule has 0 aliphatic heterocycles. The molecule has 1 unspecified atom stereocenters. The van der Waals surface area contributed by atoms with Gasteiger partial charge in [0.25, 0.3) is 5.91 Å². The first-order valence-electron chi connectivity index (χ1n) is 7.34. The van der Waals surface area contributed by atoms with Crippen molar-refractivity contribution < 1.29 is 27.6 Å². The van der Waals surface area contributed by atoms with Crippen molar-refractivity contribution in [1.82, 2.24) is 10.2 Å². The second-order valence-electron chi connectivity index (χ2n) is 5.65. The molecule has 0 saturated heterocycles. The minimum atomic E-state index is -4.62. The van der Waals surface area contributed by atoms with Crippen LogP contribution in [-0.4, -0.2) is 48.3 Å². The summed E-state index contributed by atoms with van der Waals surface area (Å²) in [6.45, 7) is -0.0976. The molecule has 126 valence electrons. The van der Waals surface area contributed by atoms with Gasteiger partial charge in [0.15, 0.2) is 0 Å². The van der Waals surface area contributed by atoms with Gasteiger partial charge in [0.2, 0.25) is 12.2 Å². The maximum atomic E-state index is 12.3. The summed E-state index contributed by atoms with van der Waals surface area (Å²) in [6.07, 6.45) is 0.576. The van der Waals surface area contributed by atoms with Gasteiger partial charge in [-0.15, -0.1) is 0 Å². The van der Waals surface area contributed by atoms with E-state index in [-0.39, 0.29) is 11.3 Å². The number of Topliss-reactive ketones (excluding diaryl/α,β-unsaturated/α-hetero) is 1. The van der Waals surface area contributed by atoms with Crippen LogP contribution in [0.3, 0.4) is 0 Å². The number of carbonyl (C=O) groups is 3. The highest BCUT2D eigenvalue weighted by Crippen LogP contribution is 2.22. The zero-order chi connectivity index (χ0) is 16.8. The Kier molecular flexibility index (Phi) is 6.83. The van der Waals surface area contributed by atoms with Crippen LogP contribution in [0, 0.1) is 5.92 Å². The largest absolute Gasteiger partial charge is 0.406 e. The number of hydrogen-bond donors (Lipinski definition) is 1. The summed E-state index contributed by atoms with van der Waals surface area (Å²) in [4.78, 5) is 34.5. The summed E-state index contributed by atoms with van der Waals surface area (Å²) < 4.78 is 36.9. The van der Waals surface area contributed by atoms with Crippen LogP contribution >= 0.6 is 0 Å². The molecule has 1 rings (SSSR count). The molecule has 0 bridgehead atoms. The van der Waals surface area contributed by atoms with E-state index in [4.69, 9.17) is 0 Å². The topological polar surface area (TPSA) is 66.5 Å². The van der Waals surface area contributed by atoms with Gasteiger partial charge in [-0.05, 0) is 25.7 Å². The van der Waals surface area contributed by atoms with Gasteiger partial charge in [0.1, 0.15) is 6.54 Å². The molecule has 1 atom stereocenters. The molecule has 1 N–H and O–H groups in total. The Bertz CT molecular complexity index is 407. The van der Waals surface area contributed by atoms with Gasteiger partial charge in [0, 0.05) is 6.54 Å². The van der Waals surface area contributed by atoms with Crippen LogP contribution in [0.5, 0.6) is 0 Å². The van der Waals surface area contributed by atoms with Crippen LogP contribution in [0.4, 0.5) is 13.2 Å². The lowest BCUT2D eigenvalue weighted by molar-refractivity contribution is -0.161. The number of alkyl halides is 3. The standard InChI is InChI=1S/C14H21F3N2O3/c1-10(19(9-20)8-14(15,16)17)12(21)13(22)18-7-11-5-3-2-4-6-11/h9-11H,2-8H2,1H3,(H,18,22). The van der Waals surface area contributed by atoms with E-state index in [1.54, 1.807) is 0 Å². The van der Waals surface area contributed by atoms with Crippen molar-refractivity contribution in [3.05, 3.63) is 0 Å². The van der Waals surface area contributed by atoms with E-state index in [0.717, 1.165) is 39.0 Å². The van der Waals surface area contributed by atoms with Crippen molar-refractivity contribution >= 4 is 18.1 Å². The number of halogens is 3.